The highest BCUT2D eigenvalue weighted by molar-refractivity contribution is 5.58. The highest BCUT2D eigenvalue weighted by Gasteiger charge is 2.28. The first-order valence-corrected chi connectivity index (χ1v) is 9.45. The zero-order valence-electron chi connectivity index (χ0n) is 16.5. The maximum atomic E-state index is 5.78. The van der Waals surface area contributed by atoms with E-state index in [9.17, 15) is 0 Å². The number of piperazine rings is 1. The molecule has 1 fully saturated rings. The van der Waals surface area contributed by atoms with Crippen LogP contribution in [0.5, 0.6) is 5.75 Å². The van der Waals surface area contributed by atoms with E-state index in [4.69, 9.17) is 9.26 Å². The lowest BCUT2D eigenvalue weighted by Crippen LogP contribution is -2.47. The third-order valence-electron chi connectivity index (χ3n) is 4.84. The number of rotatable bonds is 5. The molecule has 1 aliphatic rings. The number of anilines is 1. The van der Waals surface area contributed by atoms with E-state index in [1.165, 1.54) is 5.69 Å². The fraction of sp³-hybridized carbons (Fsp3) is 0.600. The second kappa shape index (κ2) is 7.66. The molecule has 142 valence electrons. The van der Waals surface area contributed by atoms with Gasteiger partial charge in [-0.2, -0.15) is 4.98 Å². The molecule has 0 aliphatic carbocycles. The van der Waals surface area contributed by atoms with Gasteiger partial charge < -0.3 is 14.2 Å². The first-order chi connectivity index (χ1) is 12.4. The Morgan fingerprint density at radius 3 is 2.46 bits per heavy atom. The average Bonchev–Trinajstić information content (AvgIpc) is 3.13. The van der Waals surface area contributed by atoms with Crippen molar-refractivity contribution in [1.82, 2.24) is 15.0 Å². The molecule has 0 radical (unpaired) electrons. The number of aromatic nitrogens is 2. The van der Waals surface area contributed by atoms with E-state index in [-0.39, 0.29) is 11.5 Å². The van der Waals surface area contributed by atoms with E-state index in [1.54, 1.807) is 0 Å². The summed E-state index contributed by atoms with van der Waals surface area (Å²) in [6, 6.07) is 8.40. The lowest BCUT2D eigenvalue weighted by Gasteiger charge is -2.38. The molecule has 0 spiro atoms. The summed E-state index contributed by atoms with van der Waals surface area (Å²) in [4.78, 5) is 9.41. The highest BCUT2D eigenvalue weighted by atomic mass is 16.5. The van der Waals surface area contributed by atoms with Gasteiger partial charge in [0.1, 0.15) is 5.75 Å². The minimum Gasteiger partial charge on any atom is -0.492 e. The van der Waals surface area contributed by atoms with E-state index < -0.39 is 0 Å². The van der Waals surface area contributed by atoms with Crippen molar-refractivity contribution in [2.24, 2.45) is 0 Å². The molecule has 26 heavy (non-hydrogen) atoms. The van der Waals surface area contributed by atoms with Crippen molar-refractivity contribution >= 4 is 5.69 Å². The number of para-hydroxylation sites is 2. The number of hydrogen-bond acceptors (Lipinski definition) is 6. The molecule has 0 N–H and O–H groups in total. The van der Waals surface area contributed by atoms with Gasteiger partial charge in [0.05, 0.1) is 18.3 Å². The molecule has 0 amide bonds. The normalized spacial score (nSPS) is 17.3. The molecule has 1 aliphatic heterocycles. The maximum absolute atomic E-state index is 5.78. The van der Waals surface area contributed by atoms with Crippen LogP contribution in [0.2, 0.25) is 0 Å². The Hall–Kier alpha value is -2.08. The number of nitrogens with zero attached hydrogens (tertiary/aromatic N) is 4. The minimum absolute atomic E-state index is 0.0941. The number of hydrogen-bond donors (Lipinski definition) is 0. The second-order valence-corrected chi connectivity index (χ2v) is 7.81. The van der Waals surface area contributed by atoms with Crippen LogP contribution in [0.15, 0.2) is 28.8 Å². The zero-order valence-corrected chi connectivity index (χ0v) is 16.5. The van der Waals surface area contributed by atoms with Crippen LogP contribution < -0.4 is 9.64 Å². The monoisotopic (exact) mass is 358 g/mol. The van der Waals surface area contributed by atoms with Gasteiger partial charge >= 0.3 is 0 Å². The van der Waals surface area contributed by atoms with Gasteiger partial charge in [-0.3, -0.25) is 4.90 Å². The molecule has 6 heteroatoms. The van der Waals surface area contributed by atoms with Crippen LogP contribution in [-0.2, 0) is 5.41 Å². The summed E-state index contributed by atoms with van der Waals surface area (Å²) < 4.78 is 11.3. The topological polar surface area (TPSA) is 54.6 Å². The summed E-state index contributed by atoms with van der Waals surface area (Å²) in [5, 5.41) is 4.16. The molecule has 2 heterocycles. The molecule has 0 bridgehead atoms. The molecule has 6 nitrogen and oxygen atoms in total. The molecule has 1 aromatic heterocycles. The van der Waals surface area contributed by atoms with Crippen LogP contribution in [0.4, 0.5) is 5.69 Å². The largest absolute Gasteiger partial charge is 0.492 e. The number of ether oxygens (including phenoxy) is 1. The lowest BCUT2D eigenvalue weighted by atomic mass is 9.96. The average molecular weight is 358 g/mol. The van der Waals surface area contributed by atoms with Crippen molar-refractivity contribution in [2.45, 2.75) is 46.1 Å². The first-order valence-electron chi connectivity index (χ1n) is 9.45. The maximum Gasteiger partial charge on any atom is 0.243 e. The molecule has 2 aromatic rings. The molecule has 1 atom stereocenters. The third kappa shape index (κ3) is 4.01. The Kier molecular flexibility index (Phi) is 5.51. The van der Waals surface area contributed by atoms with Gasteiger partial charge in [0.25, 0.3) is 0 Å². The highest BCUT2D eigenvalue weighted by Crippen LogP contribution is 2.30. The number of benzene rings is 1. The molecular weight excluding hydrogens is 328 g/mol. The molecule has 0 saturated carbocycles. The van der Waals surface area contributed by atoms with E-state index in [0.29, 0.717) is 12.5 Å². The van der Waals surface area contributed by atoms with Gasteiger partial charge in [-0.05, 0) is 26.0 Å². The van der Waals surface area contributed by atoms with E-state index in [1.807, 2.05) is 19.1 Å². The Morgan fingerprint density at radius 1 is 1.15 bits per heavy atom. The SMILES string of the molecule is CCOc1ccccc1N1CCN(C(C)c2nc(C(C)(C)C)no2)CC1. The Morgan fingerprint density at radius 2 is 1.85 bits per heavy atom. The van der Waals surface area contributed by atoms with Gasteiger partial charge in [-0.15, -0.1) is 0 Å². The smallest absolute Gasteiger partial charge is 0.243 e. The van der Waals surface area contributed by atoms with Crippen LogP contribution in [0.3, 0.4) is 0 Å². The van der Waals surface area contributed by atoms with Gasteiger partial charge in [-0.1, -0.05) is 38.1 Å². The van der Waals surface area contributed by atoms with Crippen molar-refractivity contribution in [3.05, 3.63) is 36.0 Å². The van der Waals surface area contributed by atoms with Crippen LogP contribution in [0.1, 0.15) is 52.4 Å². The Balaban J connectivity index is 1.64. The van der Waals surface area contributed by atoms with Crippen molar-refractivity contribution in [1.29, 1.82) is 0 Å². The van der Waals surface area contributed by atoms with Gasteiger partial charge in [-0.25, -0.2) is 0 Å². The predicted octanol–water partition coefficient (Wildman–Crippen LogP) is 3.65. The lowest BCUT2D eigenvalue weighted by molar-refractivity contribution is 0.164. The quantitative estimate of drug-likeness (QED) is 0.813. The second-order valence-electron chi connectivity index (χ2n) is 7.81. The van der Waals surface area contributed by atoms with E-state index in [2.05, 4.69) is 59.8 Å². The van der Waals surface area contributed by atoms with Crippen molar-refractivity contribution < 1.29 is 9.26 Å². The van der Waals surface area contributed by atoms with E-state index in [0.717, 1.165) is 37.8 Å². The van der Waals surface area contributed by atoms with Crippen LogP contribution in [-0.4, -0.2) is 47.8 Å². The van der Waals surface area contributed by atoms with Crippen molar-refractivity contribution in [3.63, 3.8) is 0 Å². The predicted molar refractivity (Wildman–Crippen MR) is 103 cm³/mol. The summed E-state index contributed by atoms with van der Waals surface area (Å²) in [5.41, 5.74) is 1.08. The van der Waals surface area contributed by atoms with Gasteiger partial charge in [0, 0.05) is 31.6 Å². The third-order valence-corrected chi connectivity index (χ3v) is 4.84. The minimum atomic E-state index is -0.0941. The van der Waals surface area contributed by atoms with Crippen molar-refractivity contribution in [3.8, 4) is 5.75 Å². The Labute approximate surface area is 156 Å². The van der Waals surface area contributed by atoms with Gasteiger partial charge in [0.15, 0.2) is 5.82 Å². The van der Waals surface area contributed by atoms with Crippen LogP contribution >= 0.6 is 0 Å². The van der Waals surface area contributed by atoms with Crippen molar-refractivity contribution in [2.75, 3.05) is 37.7 Å². The molecule has 1 unspecified atom stereocenters. The fourth-order valence-corrected chi connectivity index (χ4v) is 3.21. The summed E-state index contributed by atoms with van der Waals surface area (Å²) in [6.07, 6.45) is 0. The zero-order chi connectivity index (χ0) is 18.7. The summed E-state index contributed by atoms with van der Waals surface area (Å²) in [7, 11) is 0. The Bertz CT molecular complexity index is 715. The summed E-state index contributed by atoms with van der Waals surface area (Å²) in [5.74, 6) is 2.44. The first kappa shape index (κ1) is 18.7. The molecule has 3 rings (SSSR count). The van der Waals surface area contributed by atoms with Gasteiger partial charge in [0.2, 0.25) is 5.89 Å². The molecule has 1 saturated heterocycles. The van der Waals surface area contributed by atoms with E-state index >= 15 is 0 Å². The molecular formula is C20H30N4O2. The summed E-state index contributed by atoms with van der Waals surface area (Å²) >= 11 is 0. The van der Waals surface area contributed by atoms with Crippen LogP contribution in [0.25, 0.3) is 0 Å². The fourth-order valence-electron chi connectivity index (χ4n) is 3.21. The standard InChI is InChI=1S/C20H30N4O2/c1-6-25-17-10-8-7-9-16(17)24-13-11-23(12-14-24)15(2)18-21-19(22-26-18)20(3,4)5/h7-10,15H,6,11-14H2,1-5H3. The van der Waals surface area contributed by atoms with Crippen LogP contribution in [0, 0.1) is 0 Å². The molecule has 1 aromatic carbocycles. The summed E-state index contributed by atoms with van der Waals surface area (Å²) in [6.45, 7) is 15.0.